The summed E-state index contributed by atoms with van der Waals surface area (Å²) in [5.74, 6) is 0.0332. The van der Waals surface area contributed by atoms with Crippen LogP contribution in [0.25, 0.3) is 0 Å². The molecule has 7 heteroatoms. The summed E-state index contributed by atoms with van der Waals surface area (Å²) in [4.78, 5) is 30.6. The van der Waals surface area contributed by atoms with Gasteiger partial charge >= 0.3 is 5.97 Å². The van der Waals surface area contributed by atoms with Crippen molar-refractivity contribution in [3.63, 3.8) is 0 Å². The number of esters is 1. The first-order chi connectivity index (χ1) is 13.9. The van der Waals surface area contributed by atoms with Gasteiger partial charge in [0, 0.05) is 12.3 Å². The third-order valence-corrected chi connectivity index (χ3v) is 5.18. The molecule has 0 aliphatic carbocycles. The number of carbonyl (C=O) groups excluding carboxylic acids is 2. The fourth-order valence-corrected chi connectivity index (χ4v) is 3.70. The summed E-state index contributed by atoms with van der Waals surface area (Å²) in [5, 5.41) is 2.32. The lowest BCUT2D eigenvalue weighted by molar-refractivity contribution is -0.115. The Balaban J connectivity index is 1.72. The molecule has 0 atom stereocenters. The SMILES string of the molecule is COc1cc(C(=O)OCc2csc(N(C(C)=O)c3cccc(C)c3)n2)ccc1C. The van der Waals surface area contributed by atoms with Crippen LogP contribution in [-0.4, -0.2) is 24.0 Å². The molecule has 0 N–H and O–H groups in total. The third-order valence-electron chi connectivity index (χ3n) is 4.30. The zero-order chi connectivity index (χ0) is 21.0. The van der Waals surface area contributed by atoms with Crippen LogP contribution in [0.15, 0.2) is 47.8 Å². The van der Waals surface area contributed by atoms with Crippen LogP contribution in [0.4, 0.5) is 10.8 Å². The van der Waals surface area contributed by atoms with Crippen molar-refractivity contribution in [2.45, 2.75) is 27.4 Å². The number of carbonyl (C=O) groups is 2. The molecule has 2 aromatic carbocycles. The summed E-state index contributed by atoms with van der Waals surface area (Å²) in [5.41, 5.74) is 3.73. The Hall–Kier alpha value is -3.19. The second-order valence-electron chi connectivity index (χ2n) is 6.58. The van der Waals surface area contributed by atoms with Gasteiger partial charge in [0.05, 0.1) is 24.1 Å². The first-order valence-corrected chi connectivity index (χ1v) is 9.90. The van der Waals surface area contributed by atoms with E-state index in [1.807, 2.05) is 44.2 Å². The average Bonchev–Trinajstić information content (AvgIpc) is 3.14. The molecule has 0 fully saturated rings. The van der Waals surface area contributed by atoms with Crippen LogP contribution in [0, 0.1) is 13.8 Å². The summed E-state index contributed by atoms with van der Waals surface area (Å²) in [6.45, 7) is 5.38. The maximum absolute atomic E-state index is 12.3. The highest BCUT2D eigenvalue weighted by Crippen LogP contribution is 2.29. The second-order valence-corrected chi connectivity index (χ2v) is 7.41. The van der Waals surface area contributed by atoms with Gasteiger partial charge in [0.15, 0.2) is 5.13 Å². The molecular weight excluding hydrogens is 388 g/mol. The van der Waals surface area contributed by atoms with Gasteiger partial charge in [-0.3, -0.25) is 9.69 Å². The average molecular weight is 410 g/mol. The minimum absolute atomic E-state index is 0.0189. The van der Waals surface area contributed by atoms with Crippen LogP contribution < -0.4 is 9.64 Å². The molecule has 0 saturated carbocycles. The van der Waals surface area contributed by atoms with Gasteiger partial charge in [-0.1, -0.05) is 18.2 Å². The molecule has 29 heavy (non-hydrogen) atoms. The molecule has 0 unspecified atom stereocenters. The fraction of sp³-hybridized carbons (Fsp3) is 0.227. The summed E-state index contributed by atoms with van der Waals surface area (Å²) >= 11 is 1.32. The smallest absolute Gasteiger partial charge is 0.338 e. The number of amides is 1. The predicted octanol–water partition coefficient (Wildman–Crippen LogP) is 4.81. The van der Waals surface area contributed by atoms with Crippen LogP contribution in [0.5, 0.6) is 5.75 Å². The van der Waals surface area contributed by atoms with E-state index in [1.165, 1.54) is 18.3 Å². The molecule has 3 rings (SSSR count). The van der Waals surface area contributed by atoms with Crippen LogP contribution in [0.1, 0.15) is 34.1 Å². The number of rotatable bonds is 6. The molecule has 1 amide bonds. The molecule has 0 saturated heterocycles. The number of methoxy groups -OCH3 is 1. The normalized spacial score (nSPS) is 10.5. The van der Waals surface area contributed by atoms with Gasteiger partial charge in [0.1, 0.15) is 12.4 Å². The number of thiazole rings is 1. The molecule has 1 aromatic heterocycles. The second kappa shape index (κ2) is 8.87. The van der Waals surface area contributed by atoms with E-state index in [-0.39, 0.29) is 12.5 Å². The number of hydrogen-bond acceptors (Lipinski definition) is 6. The fourth-order valence-electron chi connectivity index (χ4n) is 2.83. The van der Waals surface area contributed by atoms with Gasteiger partial charge in [-0.25, -0.2) is 9.78 Å². The van der Waals surface area contributed by atoms with E-state index in [0.29, 0.717) is 22.1 Å². The van der Waals surface area contributed by atoms with E-state index in [2.05, 4.69) is 4.98 Å². The molecular formula is C22H22N2O4S. The topological polar surface area (TPSA) is 68.7 Å². The van der Waals surface area contributed by atoms with Crippen molar-refractivity contribution in [2.75, 3.05) is 12.0 Å². The van der Waals surface area contributed by atoms with Gasteiger partial charge in [0.25, 0.3) is 0 Å². The van der Waals surface area contributed by atoms with Crippen LogP contribution in [0.3, 0.4) is 0 Å². The van der Waals surface area contributed by atoms with Crippen molar-refractivity contribution >= 4 is 34.0 Å². The zero-order valence-electron chi connectivity index (χ0n) is 16.8. The first-order valence-electron chi connectivity index (χ1n) is 9.02. The lowest BCUT2D eigenvalue weighted by Gasteiger charge is -2.18. The van der Waals surface area contributed by atoms with E-state index < -0.39 is 5.97 Å². The Morgan fingerprint density at radius 3 is 2.62 bits per heavy atom. The third kappa shape index (κ3) is 4.81. The summed E-state index contributed by atoms with van der Waals surface area (Å²) in [6.07, 6.45) is 0. The Morgan fingerprint density at radius 1 is 1.14 bits per heavy atom. The van der Waals surface area contributed by atoms with E-state index in [9.17, 15) is 9.59 Å². The molecule has 6 nitrogen and oxygen atoms in total. The van der Waals surface area contributed by atoms with Crippen molar-refractivity contribution in [1.29, 1.82) is 0 Å². The van der Waals surface area contributed by atoms with Crippen molar-refractivity contribution in [3.05, 3.63) is 70.2 Å². The number of nitrogens with zero attached hydrogens (tertiary/aromatic N) is 2. The molecule has 150 valence electrons. The number of ether oxygens (including phenoxy) is 2. The van der Waals surface area contributed by atoms with Crippen molar-refractivity contribution < 1.29 is 19.1 Å². The number of hydrogen-bond donors (Lipinski definition) is 0. The first kappa shape index (κ1) is 20.5. The lowest BCUT2D eigenvalue weighted by atomic mass is 10.1. The Labute approximate surface area is 173 Å². The molecule has 0 radical (unpaired) electrons. The van der Waals surface area contributed by atoms with Crippen LogP contribution >= 0.6 is 11.3 Å². The van der Waals surface area contributed by atoms with Gasteiger partial charge in [-0.2, -0.15) is 0 Å². The van der Waals surface area contributed by atoms with Gasteiger partial charge in [0.2, 0.25) is 5.91 Å². The summed E-state index contributed by atoms with van der Waals surface area (Å²) < 4.78 is 10.6. The Bertz CT molecular complexity index is 1040. The minimum Gasteiger partial charge on any atom is -0.496 e. The van der Waals surface area contributed by atoms with Crippen LogP contribution in [-0.2, 0) is 16.1 Å². The maximum atomic E-state index is 12.3. The molecule has 0 aliphatic heterocycles. The van der Waals surface area contributed by atoms with Crippen molar-refractivity contribution in [2.24, 2.45) is 0 Å². The number of aryl methyl sites for hydroxylation is 2. The van der Waals surface area contributed by atoms with Gasteiger partial charge in [-0.15, -0.1) is 11.3 Å². The molecule has 3 aromatic rings. The maximum Gasteiger partial charge on any atom is 0.338 e. The van der Waals surface area contributed by atoms with Crippen molar-refractivity contribution in [3.8, 4) is 5.75 Å². The van der Waals surface area contributed by atoms with E-state index in [4.69, 9.17) is 9.47 Å². The number of aromatic nitrogens is 1. The van der Waals surface area contributed by atoms with E-state index in [1.54, 1.807) is 29.5 Å². The molecule has 1 heterocycles. The zero-order valence-corrected chi connectivity index (χ0v) is 17.6. The highest BCUT2D eigenvalue weighted by atomic mass is 32.1. The van der Waals surface area contributed by atoms with Crippen LogP contribution in [0.2, 0.25) is 0 Å². The monoisotopic (exact) mass is 410 g/mol. The predicted molar refractivity (Wildman–Crippen MR) is 113 cm³/mol. The number of anilines is 2. The van der Waals surface area contributed by atoms with Crippen molar-refractivity contribution in [1.82, 2.24) is 4.98 Å². The summed E-state index contributed by atoms with van der Waals surface area (Å²) in [6, 6.07) is 12.8. The molecule has 0 aliphatic rings. The lowest BCUT2D eigenvalue weighted by Crippen LogP contribution is -2.22. The highest BCUT2D eigenvalue weighted by molar-refractivity contribution is 7.14. The van der Waals surface area contributed by atoms with Gasteiger partial charge in [-0.05, 0) is 49.2 Å². The standard InChI is InChI=1S/C22H22N2O4S/c1-14-6-5-7-19(10-14)24(16(3)25)22-23-18(13-29-22)12-28-21(26)17-9-8-15(2)20(11-17)27-4/h5-11,13H,12H2,1-4H3. The van der Waals surface area contributed by atoms with Gasteiger partial charge < -0.3 is 9.47 Å². The quantitative estimate of drug-likeness (QED) is 0.546. The van der Waals surface area contributed by atoms with E-state index in [0.717, 1.165) is 16.8 Å². The Morgan fingerprint density at radius 2 is 1.93 bits per heavy atom. The largest absolute Gasteiger partial charge is 0.496 e. The molecule has 0 spiro atoms. The minimum atomic E-state index is -0.458. The molecule has 0 bridgehead atoms. The number of benzene rings is 2. The summed E-state index contributed by atoms with van der Waals surface area (Å²) in [7, 11) is 1.56. The Kier molecular flexibility index (Phi) is 6.29. The van der Waals surface area contributed by atoms with E-state index >= 15 is 0 Å². The highest BCUT2D eigenvalue weighted by Gasteiger charge is 2.19.